The van der Waals surface area contributed by atoms with Crippen LogP contribution in [0.4, 0.5) is 0 Å². The lowest BCUT2D eigenvalue weighted by Gasteiger charge is -2.05. The van der Waals surface area contributed by atoms with Crippen LogP contribution in [0.1, 0.15) is 23.3 Å². The quantitative estimate of drug-likeness (QED) is 0.476. The third-order valence-corrected chi connectivity index (χ3v) is 2.86. The van der Waals surface area contributed by atoms with Gasteiger partial charge in [-0.15, -0.1) is 0 Å². The van der Waals surface area contributed by atoms with Gasteiger partial charge in [0, 0.05) is 12.6 Å². The van der Waals surface area contributed by atoms with Gasteiger partial charge in [0.15, 0.2) is 5.78 Å². The van der Waals surface area contributed by atoms with Crippen molar-refractivity contribution in [1.82, 2.24) is 4.98 Å². The normalized spacial score (nSPS) is 12.1. The number of halogens is 2. The number of aromatic nitrogens is 1. The highest BCUT2D eigenvalue weighted by Crippen LogP contribution is 2.14. The maximum Gasteiger partial charge on any atom is 0.221 e. The number of alkyl halides is 1. The zero-order chi connectivity index (χ0) is 11.3. The Bertz CT molecular complexity index is 356. The summed E-state index contributed by atoms with van der Waals surface area (Å²) in [5.41, 5.74) is 0.390. The van der Waals surface area contributed by atoms with Crippen molar-refractivity contribution in [3.8, 4) is 0 Å². The molecule has 1 aromatic heterocycles. The van der Waals surface area contributed by atoms with Gasteiger partial charge in [0.1, 0.15) is 5.69 Å². The number of hydrogen-bond donors (Lipinski definition) is 0. The lowest BCUT2D eigenvalue weighted by atomic mass is 10.1. The average Bonchev–Trinajstić information content (AvgIpc) is 2.26. The average molecular weight is 291 g/mol. The minimum atomic E-state index is -0.437. The molecule has 0 bridgehead atoms. The van der Waals surface area contributed by atoms with E-state index < -0.39 is 10.1 Å². The van der Waals surface area contributed by atoms with Crippen molar-refractivity contribution >= 4 is 38.6 Å². The monoisotopic (exact) mass is 289 g/mol. The van der Waals surface area contributed by atoms with Gasteiger partial charge in [-0.3, -0.25) is 14.6 Å². The third kappa shape index (κ3) is 4.10. The Morgan fingerprint density at radius 1 is 1.47 bits per heavy atom. The number of pyridine rings is 1. The van der Waals surface area contributed by atoms with Gasteiger partial charge in [-0.2, -0.15) is 0 Å². The largest absolute Gasteiger partial charge is 0.291 e. The van der Waals surface area contributed by atoms with Gasteiger partial charge in [-0.1, -0.05) is 22.0 Å². The smallest absolute Gasteiger partial charge is 0.221 e. The van der Waals surface area contributed by atoms with Gasteiger partial charge in [0.05, 0.1) is 4.83 Å². The fourth-order valence-electron chi connectivity index (χ4n) is 1.04. The summed E-state index contributed by atoms with van der Waals surface area (Å²) in [6, 6.07) is 5.12. The van der Waals surface area contributed by atoms with E-state index in [4.69, 9.17) is 11.6 Å². The Kier molecular flexibility index (Phi) is 4.91. The van der Waals surface area contributed by atoms with Gasteiger partial charge in [-0.05, 0) is 30.2 Å². The fourth-order valence-corrected chi connectivity index (χ4v) is 1.61. The van der Waals surface area contributed by atoms with Crippen molar-refractivity contribution in [3.05, 3.63) is 30.1 Å². The van der Waals surface area contributed by atoms with Gasteiger partial charge in [-0.25, -0.2) is 0 Å². The van der Waals surface area contributed by atoms with Gasteiger partial charge >= 0.3 is 0 Å². The number of carbonyl (C=O) groups excluding carboxylic acids is 2. The summed E-state index contributed by atoms with van der Waals surface area (Å²) in [5.74, 6) is -0.131. The predicted molar refractivity (Wildman–Crippen MR) is 61.4 cm³/mol. The van der Waals surface area contributed by atoms with Gasteiger partial charge < -0.3 is 0 Å². The molecule has 0 aliphatic rings. The first-order valence-electron chi connectivity index (χ1n) is 4.39. The van der Waals surface area contributed by atoms with Crippen LogP contribution >= 0.6 is 27.5 Å². The molecule has 0 aromatic carbocycles. The van der Waals surface area contributed by atoms with E-state index in [2.05, 4.69) is 20.9 Å². The molecule has 1 unspecified atom stereocenters. The SMILES string of the molecule is O=C(Cl)CCC(Br)C(=O)c1ccccn1. The molecule has 0 saturated heterocycles. The zero-order valence-corrected chi connectivity index (χ0v) is 10.2. The number of Topliss-reactive ketones (excluding diaryl/α,β-unsaturated/α-hetero) is 1. The molecule has 1 heterocycles. The summed E-state index contributed by atoms with van der Waals surface area (Å²) in [7, 11) is 0. The van der Waals surface area contributed by atoms with Crippen LogP contribution in [0.15, 0.2) is 24.4 Å². The summed E-state index contributed by atoms with van der Waals surface area (Å²) < 4.78 is 0. The first kappa shape index (κ1) is 12.3. The molecule has 0 N–H and O–H groups in total. The van der Waals surface area contributed by atoms with E-state index in [0.29, 0.717) is 12.1 Å². The van der Waals surface area contributed by atoms with Crippen molar-refractivity contribution < 1.29 is 9.59 Å². The van der Waals surface area contributed by atoms with E-state index >= 15 is 0 Å². The lowest BCUT2D eigenvalue weighted by Crippen LogP contribution is -2.16. The third-order valence-electron chi connectivity index (χ3n) is 1.80. The fraction of sp³-hybridized carbons (Fsp3) is 0.300. The van der Waals surface area contributed by atoms with Crippen LogP contribution in [0.2, 0.25) is 0 Å². The number of carbonyl (C=O) groups is 2. The van der Waals surface area contributed by atoms with Crippen LogP contribution in [-0.4, -0.2) is 20.8 Å². The van der Waals surface area contributed by atoms with Crippen LogP contribution in [0.3, 0.4) is 0 Å². The highest BCUT2D eigenvalue weighted by atomic mass is 79.9. The molecule has 0 fully saturated rings. The summed E-state index contributed by atoms with van der Waals surface area (Å²) in [4.78, 5) is 25.7. The predicted octanol–water partition coefficient (Wildman–Crippen LogP) is 2.57. The number of ketones is 1. The maximum atomic E-state index is 11.7. The van der Waals surface area contributed by atoms with Crippen molar-refractivity contribution in [2.24, 2.45) is 0 Å². The van der Waals surface area contributed by atoms with E-state index in [9.17, 15) is 9.59 Å². The van der Waals surface area contributed by atoms with Crippen LogP contribution in [-0.2, 0) is 4.79 Å². The molecule has 80 valence electrons. The second-order valence-electron chi connectivity index (χ2n) is 2.94. The standard InChI is InChI=1S/C10H9BrClNO2/c11-7(4-5-9(12)14)10(15)8-3-1-2-6-13-8/h1-3,6-7H,4-5H2. The zero-order valence-electron chi connectivity index (χ0n) is 7.82. The minimum absolute atomic E-state index is 0.131. The topological polar surface area (TPSA) is 47.0 Å². The van der Waals surface area contributed by atoms with E-state index in [1.54, 1.807) is 24.4 Å². The highest BCUT2D eigenvalue weighted by molar-refractivity contribution is 9.10. The van der Waals surface area contributed by atoms with Crippen LogP contribution < -0.4 is 0 Å². The second kappa shape index (κ2) is 5.98. The van der Waals surface area contributed by atoms with Crippen LogP contribution in [0, 0.1) is 0 Å². The number of nitrogens with zero attached hydrogens (tertiary/aromatic N) is 1. The Hall–Kier alpha value is -0.740. The molecule has 1 rings (SSSR count). The lowest BCUT2D eigenvalue weighted by molar-refractivity contribution is -0.111. The Balaban J connectivity index is 2.57. The van der Waals surface area contributed by atoms with Crippen molar-refractivity contribution in [3.63, 3.8) is 0 Å². The summed E-state index contributed by atoms with van der Waals surface area (Å²) in [6.45, 7) is 0. The summed E-state index contributed by atoms with van der Waals surface area (Å²) in [6.07, 6.45) is 2.12. The van der Waals surface area contributed by atoms with Crippen molar-refractivity contribution in [2.75, 3.05) is 0 Å². The Morgan fingerprint density at radius 2 is 2.20 bits per heavy atom. The van der Waals surface area contributed by atoms with Crippen LogP contribution in [0.5, 0.6) is 0 Å². The molecule has 0 amide bonds. The van der Waals surface area contributed by atoms with E-state index in [1.807, 2.05) is 0 Å². The van der Waals surface area contributed by atoms with E-state index in [1.165, 1.54) is 0 Å². The molecule has 0 spiro atoms. The molecule has 0 aliphatic heterocycles. The molecule has 15 heavy (non-hydrogen) atoms. The van der Waals surface area contributed by atoms with Crippen molar-refractivity contribution in [2.45, 2.75) is 17.7 Å². The Morgan fingerprint density at radius 3 is 2.73 bits per heavy atom. The minimum Gasteiger partial charge on any atom is -0.291 e. The molecule has 0 radical (unpaired) electrons. The molecule has 3 nitrogen and oxygen atoms in total. The first-order valence-corrected chi connectivity index (χ1v) is 5.68. The molecule has 0 aliphatic carbocycles. The Labute approximate surface area is 101 Å². The van der Waals surface area contributed by atoms with Crippen molar-refractivity contribution in [1.29, 1.82) is 0 Å². The summed E-state index contributed by atoms with van der Waals surface area (Å²) >= 11 is 8.39. The van der Waals surface area contributed by atoms with E-state index in [-0.39, 0.29) is 12.2 Å². The number of hydrogen-bond acceptors (Lipinski definition) is 3. The molecule has 5 heteroatoms. The van der Waals surface area contributed by atoms with Crippen LogP contribution in [0.25, 0.3) is 0 Å². The molecule has 0 saturated carbocycles. The van der Waals surface area contributed by atoms with Gasteiger partial charge in [0.2, 0.25) is 5.24 Å². The molecule has 1 aromatic rings. The molecule has 1 atom stereocenters. The molecular formula is C10H9BrClNO2. The first-order chi connectivity index (χ1) is 7.11. The maximum absolute atomic E-state index is 11.7. The second-order valence-corrected chi connectivity index (χ2v) is 4.47. The highest BCUT2D eigenvalue weighted by Gasteiger charge is 2.18. The molecular weight excluding hydrogens is 281 g/mol. The van der Waals surface area contributed by atoms with E-state index in [0.717, 1.165) is 0 Å². The number of rotatable bonds is 5. The summed E-state index contributed by atoms with van der Waals surface area (Å²) in [5, 5.41) is -0.437. The van der Waals surface area contributed by atoms with Gasteiger partial charge in [0.25, 0.3) is 0 Å².